The summed E-state index contributed by atoms with van der Waals surface area (Å²) in [7, 11) is 0. The van der Waals surface area contributed by atoms with Crippen molar-refractivity contribution < 1.29 is 4.74 Å². The highest BCUT2D eigenvalue weighted by Crippen LogP contribution is 1.95. The van der Waals surface area contributed by atoms with Gasteiger partial charge in [-0.05, 0) is 20.3 Å². The van der Waals surface area contributed by atoms with Crippen LogP contribution < -0.4 is 0 Å². The van der Waals surface area contributed by atoms with Crippen LogP contribution in [0.2, 0.25) is 0 Å². The summed E-state index contributed by atoms with van der Waals surface area (Å²) in [5, 5.41) is 1.17. The van der Waals surface area contributed by atoms with Gasteiger partial charge in [0.25, 0.3) is 0 Å². The predicted octanol–water partition coefficient (Wildman–Crippen LogP) is 3.61. The van der Waals surface area contributed by atoms with E-state index < -0.39 is 0 Å². The molecule has 0 saturated carbocycles. The average Bonchev–Trinajstić information content (AvgIpc) is 2.04. The standard InChI is InChI=1S/C5H11Br.C4H10O/c1-2-3-4-5-6;1-3-5-4-2/h2-5H2,1H3;3-4H2,1-2H3. The molecule has 0 fully saturated rings. The van der Waals surface area contributed by atoms with Crippen molar-refractivity contribution >= 4 is 15.9 Å². The van der Waals surface area contributed by atoms with Crippen molar-refractivity contribution in [3.05, 3.63) is 0 Å². The van der Waals surface area contributed by atoms with Crippen molar-refractivity contribution in [3.8, 4) is 0 Å². The summed E-state index contributed by atoms with van der Waals surface area (Å²) in [6.45, 7) is 7.88. The van der Waals surface area contributed by atoms with E-state index in [2.05, 4.69) is 22.9 Å². The molecule has 0 amide bonds. The lowest BCUT2D eigenvalue weighted by Crippen LogP contribution is -1.84. The lowest BCUT2D eigenvalue weighted by molar-refractivity contribution is 0.162. The zero-order valence-corrected chi connectivity index (χ0v) is 9.61. The number of hydrogen-bond acceptors (Lipinski definition) is 1. The molecular formula is C9H21BrO. The van der Waals surface area contributed by atoms with E-state index >= 15 is 0 Å². The molecule has 0 saturated heterocycles. The molecule has 1 nitrogen and oxygen atoms in total. The van der Waals surface area contributed by atoms with Gasteiger partial charge in [0.15, 0.2) is 0 Å². The number of halogens is 1. The monoisotopic (exact) mass is 224 g/mol. The van der Waals surface area contributed by atoms with Gasteiger partial charge in [-0.15, -0.1) is 0 Å². The van der Waals surface area contributed by atoms with Crippen molar-refractivity contribution in [3.63, 3.8) is 0 Å². The number of hydrogen-bond donors (Lipinski definition) is 0. The Morgan fingerprint density at radius 2 is 1.55 bits per heavy atom. The van der Waals surface area contributed by atoms with Gasteiger partial charge in [0.2, 0.25) is 0 Å². The molecule has 0 unspecified atom stereocenters. The fourth-order valence-electron chi connectivity index (χ4n) is 0.549. The highest BCUT2D eigenvalue weighted by atomic mass is 79.9. The Balaban J connectivity index is 0. The van der Waals surface area contributed by atoms with Gasteiger partial charge in [0, 0.05) is 18.5 Å². The van der Waals surface area contributed by atoms with Crippen molar-refractivity contribution in [2.75, 3.05) is 18.5 Å². The molecule has 0 aromatic carbocycles. The third-order valence-corrected chi connectivity index (χ3v) is 1.71. The Morgan fingerprint density at radius 1 is 1.00 bits per heavy atom. The number of ether oxygens (including phenoxy) is 1. The fraction of sp³-hybridized carbons (Fsp3) is 1.00. The molecule has 11 heavy (non-hydrogen) atoms. The second-order valence-electron chi connectivity index (χ2n) is 2.18. The molecule has 0 aliphatic heterocycles. The zero-order valence-electron chi connectivity index (χ0n) is 8.03. The van der Waals surface area contributed by atoms with E-state index in [1.807, 2.05) is 13.8 Å². The van der Waals surface area contributed by atoms with Gasteiger partial charge >= 0.3 is 0 Å². The molecule has 0 rings (SSSR count). The molecular weight excluding hydrogens is 204 g/mol. The Morgan fingerprint density at radius 3 is 1.64 bits per heavy atom. The number of alkyl halides is 1. The molecule has 0 aromatic rings. The summed E-state index contributed by atoms with van der Waals surface area (Å²) in [5.41, 5.74) is 0. The molecule has 0 heterocycles. The van der Waals surface area contributed by atoms with Crippen LogP contribution in [0.15, 0.2) is 0 Å². The molecule has 0 aliphatic carbocycles. The number of rotatable bonds is 5. The van der Waals surface area contributed by atoms with Crippen molar-refractivity contribution in [2.24, 2.45) is 0 Å². The first-order valence-corrected chi connectivity index (χ1v) is 5.59. The highest BCUT2D eigenvalue weighted by Gasteiger charge is 1.76. The third kappa shape index (κ3) is 25.1. The predicted molar refractivity (Wildman–Crippen MR) is 55.5 cm³/mol. The van der Waals surface area contributed by atoms with Crippen molar-refractivity contribution in [1.29, 1.82) is 0 Å². The minimum Gasteiger partial charge on any atom is -0.382 e. The summed E-state index contributed by atoms with van der Waals surface area (Å²) in [5.74, 6) is 0. The maximum Gasteiger partial charge on any atom is 0.0437 e. The first-order valence-electron chi connectivity index (χ1n) is 4.47. The summed E-state index contributed by atoms with van der Waals surface area (Å²) in [4.78, 5) is 0. The van der Waals surface area contributed by atoms with Gasteiger partial charge in [-0.25, -0.2) is 0 Å². The minimum atomic E-state index is 0.844. The summed E-state index contributed by atoms with van der Waals surface area (Å²) in [6.07, 6.45) is 4.02. The van der Waals surface area contributed by atoms with Crippen LogP contribution in [0.5, 0.6) is 0 Å². The Hall–Kier alpha value is 0.440. The Bertz CT molecular complexity index is 42.8. The van der Waals surface area contributed by atoms with E-state index in [1.54, 1.807) is 0 Å². The van der Waals surface area contributed by atoms with Crippen LogP contribution in [0, 0.1) is 0 Å². The van der Waals surface area contributed by atoms with E-state index in [1.165, 1.54) is 24.6 Å². The first-order chi connectivity index (χ1) is 5.33. The molecule has 0 radical (unpaired) electrons. The molecule has 70 valence electrons. The van der Waals surface area contributed by atoms with Gasteiger partial charge < -0.3 is 4.74 Å². The van der Waals surface area contributed by atoms with Crippen LogP contribution in [0.25, 0.3) is 0 Å². The van der Waals surface area contributed by atoms with Crippen molar-refractivity contribution in [1.82, 2.24) is 0 Å². The Labute approximate surface area is 79.6 Å². The second kappa shape index (κ2) is 16.8. The van der Waals surface area contributed by atoms with E-state index in [4.69, 9.17) is 4.74 Å². The first kappa shape index (κ1) is 14.0. The van der Waals surface area contributed by atoms with Crippen LogP contribution in [0.1, 0.15) is 40.0 Å². The zero-order chi connectivity index (χ0) is 8.95. The summed E-state index contributed by atoms with van der Waals surface area (Å²) < 4.78 is 4.83. The fourth-order valence-corrected chi connectivity index (χ4v) is 0.945. The topological polar surface area (TPSA) is 9.23 Å². The van der Waals surface area contributed by atoms with Crippen LogP contribution >= 0.6 is 15.9 Å². The largest absolute Gasteiger partial charge is 0.382 e. The lowest BCUT2D eigenvalue weighted by Gasteiger charge is -1.86. The van der Waals surface area contributed by atoms with Crippen molar-refractivity contribution in [2.45, 2.75) is 40.0 Å². The second-order valence-corrected chi connectivity index (χ2v) is 2.97. The molecule has 0 aliphatic rings. The van der Waals surface area contributed by atoms with E-state index in [9.17, 15) is 0 Å². The maximum atomic E-state index is 4.83. The molecule has 0 aromatic heterocycles. The smallest absolute Gasteiger partial charge is 0.0437 e. The maximum absolute atomic E-state index is 4.83. The summed E-state index contributed by atoms with van der Waals surface area (Å²) >= 11 is 3.35. The third-order valence-electron chi connectivity index (χ3n) is 1.15. The Kier molecular flexibility index (Phi) is 21.4. The molecule has 0 bridgehead atoms. The molecule has 0 atom stereocenters. The minimum absolute atomic E-state index is 0.844. The van der Waals surface area contributed by atoms with Gasteiger partial charge in [0.1, 0.15) is 0 Å². The number of unbranched alkanes of at least 4 members (excludes halogenated alkanes) is 2. The normalized spacial score (nSPS) is 8.73. The van der Waals surface area contributed by atoms with Crippen LogP contribution in [-0.2, 0) is 4.74 Å². The lowest BCUT2D eigenvalue weighted by atomic mass is 10.3. The van der Waals surface area contributed by atoms with Gasteiger partial charge in [0.05, 0.1) is 0 Å². The van der Waals surface area contributed by atoms with Crippen LogP contribution in [0.4, 0.5) is 0 Å². The van der Waals surface area contributed by atoms with Crippen LogP contribution in [0.3, 0.4) is 0 Å². The summed E-state index contributed by atoms with van der Waals surface area (Å²) in [6, 6.07) is 0. The van der Waals surface area contributed by atoms with E-state index in [0.717, 1.165) is 13.2 Å². The van der Waals surface area contributed by atoms with Crippen LogP contribution in [-0.4, -0.2) is 18.5 Å². The van der Waals surface area contributed by atoms with Gasteiger partial charge in [-0.1, -0.05) is 35.7 Å². The van der Waals surface area contributed by atoms with E-state index in [0.29, 0.717) is 0 Å². The van der Waals surface area contributed by atoms with Gasteiger partial charge in [-0.3, -0.25) is 0 Å². The van der Waals surface area contributed by atoms with Gasteiger partial charge in [-0.2, -0.15) is 0 Å². The SMILES string of the molecule is CCCCCBr.CCOCC. The average molecular weight is 225 g/mol. The molecule has 0 spiro atoms. The quantitative estimate of drug-likeness (QED) is 0.513. The van der Waals surface area contributed by atoms with E-state index in [-0.39, 0.29) is 0 Å². The molecule has 2 heteroatoms. The molecule has 0 N–H and O–H groups in total. The highest BCUT2D eigenvalue weighted by molar-refractivity contribution is 9.09.